The van der Waals surface area contributed by atoms with Gasteiger partial charge >= 0.3 is 5.97 Å². The van der Waals surface area contributed by atoms with E-state index < -0.39 is 5.97 Å². The highest BCUT2D eigenvalue weighted by Crippen LogP contribution is 2.54. The largest absolute Gasteiger partial charge is 0.481 e. The van der Waals surface area contributed by atoms with Crippen LogP contribution in [0.2, 0.25) is 0 Å². The third kappa shape index (κ3) is 1.57. The third-order valence-corrected chi connectivity index (χ3v) is 3.45. The first kappa shape index (κ1) is 9.00. The number of carbonyl (C=O) groups is 1. The zero-order chi connectivity index (χ0) is 9.69. The molecule has 0 aromatic carbocycles. The fourth-order valence-electron chi connectivity index (χ4n) is 2.17. The molecule has 1 N–H and O–H groups in total. The van der Waals surface area contributed by atoms with Gasteiger partial charge < -0.3 is 5.11 Å². The van der Waals surface area contributed by atoms with Crippen molar-refractivity contribution in [2.24, 2.45) is 5.41 Å². The van der Waals surface area contributed by atoms with Gasteiger partial charge in [0.2, 0.25) is 0 Å². The standard InChI is InChI=1S/C10H17NO2/c1-9(2,5-8(12)13)11-6-10(7-11)3-4-10/h3-7H2,1-2H3,(H,12,13). The van der Waals surface area contributed by atoms with Crippen molar-refractivity contribution in [3.05, 3.63) is 0 Å². The average molecular weight is 183 g/mol. The highest BCUT2D eigenvalue weighted by atomic mass is 16.4. The molecule has 3 heteroatoms. The van der Waals surface area contributed by atoms with Crippen LogP contribution in [0.15, 0.2) is 0 Å². The van der Waals surface area contributed by atoms with E-state index in [0.717, 1.165) is 13.1 Å². The highest BCUT2D eigenvalue weighted by molar-refractivity contribution is 5.68. The summed E-state index contributed by atoms with van der Waals surface area (Å²) in [5.74, 6) is -0.693. The fraction of sp³-hybridized carbons (Fsp3) is 0.900. The number of likely N-dealkylation sites (tertiary alicyclic amines) is 1. The molecule has 2 aliphatic rings. The van der Waals surface area contributed by atoms with Crippen molar-refractivity contribution >= 4 is 5.97 Å². The van der Waals surface area contributed by atoms with Crippen molar-refractivity contribution in [2.45, 2.75) is 38.6 Å². The molecule has 0 atom stereocenters. The molecule has 3 nitrogen and oxygen atoms in total. The Hall–Kier alpha value is -0.570. The number of aliphatic carboxylic acids is 1. The number of carboxylic acid groups (broad SMARTS) is 1. The minimum Gasteiger partial charge on any atom is -0.481 e. The smallest absolute Gasteiger partial charge is 0.305 e. The second-order valence-electron chi connectivity index (χ2n) is 5.24. The van der Waals surface area contributed by atoms with Crippen molar-refractivity contribution in [2.75, 3.05) is 13.1 Å². The first-order chi connectivity index (χ1) is 5.94. The van der Waals surface area contributed by atoms with E-state index in [2.05, 4.69) is 4.90 Å². The second-order valence-corrected chi connectivity index (χ2v) is 5.24. The zero-order valence-corrected chi connectivity index (χ0v) is 8.34. The van der Waals surface area contributed by atoms with Crippen LogP contribution in [-0.4, -0.2) is 34.6 Å². The van der Waals surface area contributed by atoms with E-state index in [1.165, 1.54) is 12.8 Å². The van der Waals surface area contributed by atoms with Gasteiger partial charge in [-0.15, -0.1) is 0 Å². The first-order valence-electron chi connectivity index (χ1n) is 4.91. The Morgan fingerprint density at radius 3 is 2.38 bits per heavy atom. The molecule has 1 spiro atoms. The zero-order valence-electron chi connectivity index (χ0n) is 8.34. The number of carboxylic acids is 1. The molecule has 13 heavy (non-hydrogen) atoms. The van der Waals surface area contributed by atoms with Crippen LogP contribution in [0.3, 0.4) is 0 Å². The number of rotatable bonds is 3. The minimum atomic E-state index is -0.693. The monoisotopic (exact) mass is 183 g/mol. The number of hydrogen-bond donors (Lipinski definition) is 1. The maximum absolute atomic E-state index is 10.6. The molecule has 2 fully saturated rings. The van der Waals surface area contributed by atoms with E-state index in [4.69, 9.17) is 5.11 Å². The van der Waals surface area contributed by atoms with Gasteiger partial charge in [-0.25, -0.2) is 0 Å². The van der Waals surface area contributed by atoms with E-state index in [0.29, 0.717) is 5.41 Å². The lowest BCUT2D eigenvalue weighted by Crippen LogP contribution is -2.59. The number of hydrogen-bond acceptors (Lipinski definition) is 2. The minimum absolute atomic E-state index is 0.153. The molecule has 1 aliphatic heterocycles. The molecule has 0 aromatic heterocycles. The first-order valence-corrected chi connectivity index (χ1v) is 4.91. The predicted octanol–water partition coefficient (Wildman–Crippen LogP) is 1.34. The van der Waals surface area contributed by atoms with E-state index in [-0.39, 0.29) is 12.0 Å². The summed E-state index contributed by atoms with van der Waals surface area (Å²) < 4.78 is 0. The Balaban J connectivity index is 1.88. The molecule has 0 unspecified atom stereocenters. The lowest BCUT2D eigenvalue weighted by atomic mass is 9.87. The molecule has 0 aromatic rings. The summed E-state index contributed by atoms with van der Waals surface area (Å²) >= 11 is 0. The quantitative estimate of drug-likeness (QED) is 0.717. The molecule has 1 saturated heterocycles. The summed E-state index contributed by atoms with van der Waals surface area (Å²) in [5.41, 5.74) is 0.468. The van der Waals surface area contributed by atoms with Gasteiger partial charge in [0.25, 0.3) is 0 Å². The Bertz CT molecular complexity index is 235. The average Bonchev–Trinajstić information content (AvgIpc) is 2.56. The third-order valence-electron chi connectivity index (χ3n) is 3.45. The van der Waals surface area contributed by atoms with Crippen molar-refractivity contribution in [3.63, 3.8) is 0 Å². The molecular formula is C10H17NO2. The lowest BCUT2D eigenvalue weighted by molar-refractivity contribution is -0.141. The molecular weight excluding hydrogens is 166 g/mol. The fourth-order valence-corrected chi connectivity index (χ4v) is 2.17. The van der Waals surface area contributed by atoms with E-state index in [1.807, 2.05) is 13.8 Å². The van der Waals surface area contributed by atoms with Crippen LogP contribution in [0.1, 0.15) is 33.1 Å². The molecule has 0 amide bonds. The topological polar surface area (TPSA) is 40.5 Å². The number of nitrogens with zero attached hydrogens (tertiary/aromatic N) is 1. The molecule has 1 aliphatic carbocycles. The Labute approximate surface area is 78.7 Å². The summed E-state index contributed by atoms with van der Waals surface area (Å²) in [6.07, 6.45) is 2.96. The summed E-state index contributed by atoms with van der Waals surface area (Å²) in [6.45, 7) is 6.28. The lowest BCUT2D eigenvalue weighted by Gasteiger charge is -2.49. The maximum atomic E-state index is 10.6. The predicted molar refractivity (Wildman–Crippen MR) is 49.6 cm³/mol. The molecule has 0 radical (unpaired) electrons. The van der Waals surface area contributed by atoms with Crippen molar-refractivity contribution in [1.29, 1.82) is 0 Å². The molecule has 1 heterocycles. The summed E-state index contributed by atoms with van der Waals surface area (Å²) in [5, 5.41) is 8.74. The van der Waals surface area contributed by atoms with Gasteiger partial charge in [-0.2, -0.15) is 0 Å². The maximum Gasteiger partial charge on any atom is 0.305 e. The Morgan fingerprint density at radius 1 is 1.46 bits per heavy atom. The van der Waals surface area contributed by atoms with E-state index in [9.17, 15) is 4.79 Å². The second kappa shape index (κ2) is 2.47. The Kier molecular flexibility index (Phi) is 1.71. The van der Waals surface area contributed by atoms with E-state index in [1.54, 1.807) is 0 Å². The van der Waals surface area contributed by atoms with Crippen LogP contribution in [0.25, 0.3) is 0 Å². The SMILES string of the molecule is CC(C)(CC(=O)O)N1CC2(CC2)C1. The van der Waals surface area contributed by atoms with Gasteiger partial charge in [0, 0.05) is 18.6 Å². The van der Waals surface area contributed by atoms with Crippen LogP contribution in [0.4, 0.5) is 0 Å². The van der Waals surface area contributed by atoms with Crippen molar-refractivity contribution in [1.82, 2.24) is 4.90 Å². The van der Waals surface area contributed by atoms with Gasteiger partial charge in [-0.3, -0.25) is 9.69 Å². The van der Waals surface area contributed by atoms with Crippen LogP contribution < -0.4 is 0 Å². The molecule has 74 valence electrons. The summed E-state index contributed by atoms with van der Waals surface area (Å²) in [6, 6.07) is 0. The molecule has 0 bridgehead atoms. The van der Waals surface area contributed by atoms with Crippen LogP contribution in [0, 0.1) is 5.41 Å². The van der Waals surface area contributed by atoms with Gasteiger partial charge in [-0.1, -0.05) is 0 Å². The van der Waals surface area contributed by atoms with Crippen LogP contribution in [-0.2, 0) is 4.79 Å². The van der Waals surface area contributed by atoms with Crippen LogP contribution >= 0.6 is 0 Å². The Morgan fingerprint density at radius 2 is 2.00 bits per heavy atom. The van der Waals surface area contributed by atoms with Crippen LogP contribution in [0.5, 0.6) is 0 Å². The highest BCUT2D eigenvalue weighted by Gasteiger charge is 2.55. The van der Waals surface area contributed by atoms with Crippen molar-refractivity contribution in [3.8, 4) is 0 Å². The van der Waals surface area contributed by atoms with E-state index >= 15 is 0 Å². The molecule has 1 saturated carbocycles. The van der Waals surface area contributed by atoms with Gasteiger partial charge in [0.05, 0.1) is 6.42 Å². The molecule has 2 rings (SSSR count). The van der Waals surface area contributed by atoms with Gasteiger partial charge in [0.15, 0.2) is 0 Å². The normalized spacial score (nSPS) is 25.7. The van der Waals surface area contributed by atoms with Crippen molar-refractivity contribution < 1.29 is 9.90 Å². The van der Waals surface area contributed by atoms with Gasteiger partial charge in [-0.05, 0) is 32.1 Å². The summed E-state index contributed by atoms with van der Waals surface area (Å²) in [4.78, 5) is 12.9. The summed E-state index contributed by atoms with van der Waals surface area (Å²) in [7, 11) is 0. The van der Waals surface area contributed by atoms with Gasteiger partial charge in [0.1, 0.15) is 0 Å².